The fraction of sp³-hybridized carbons (Fsp3) is 0.111. The third-order valence-electron chi connectivity index (χ3n) is 3.35. The van der Waals surface area contributed by atoms with Crippen LogP contribution in [0.1, 0.15) is 22.8 Å². The van der Waals surface area contributed by atoms with E-state index in [1.165, 1.54) is 11.3 Å². The molecule has 0 saturated carbocycles. The normalized spacial score (nSPS) is 11.1. The SMILES string of the molecule is CCOC(=O)c1c(-c2cccs2)csc1/N=C/c1cc(Br)ccc1O. The average Bonchev–Trinajstić information content (AvgIpc) is 3.24. The molecule has 2 heterocycles. The summed E-state index contributed by atoms with van der Waals surface area (Å²) >= 11 is 6.30. The molecule has 1 N–H and O–H groups in total. The summed E-state index contributed by atoms with van der Waals surface area (Å²) in [4.78, 5) is 17.9. The van der Waals surface area contributed by atoms with Crippen molar-refractivity contribution in [3.63, 3.8) is 0 Å². The first kappa shape index (κ1) is 17.8. The molecule has 7 heteroatoms. The van der Waals surface area contributed by atoms with Crippen LogP contribution in [0.15, 0.2) is 50.6 Å². The van der Waals surface area contributed by atoms with Gasteiger partial charge in [0.05, 0.1) is 6.61 Å². The first-order valence-electron chi connectivity index (χ1n) is 7.45. The summed E-state index contributed by atoms with van der Waals surface area (Å²) in [6.07, 6.45) is 1.55. The number of aliphatic imine (C=N–C) groups is 1. The van der Waals surface area contributed by atoms with E-state index in [4.69, 9.17) is 4.74 Å². The standard InChI is InChI=1S/C18H14BrNO3S2/c1-2-23-18(22)16-13(15-4-3-7-24-15)10-25-17(16)20-9-11-8-12(19)5-6-14(11)21/h3-10,21H,2H2,1H3/b20-9+. The van der Waals surface area contributed by atoms with Crippen molar-refractivity contribution in [2.24, 2.45) is 4.99 Å². The molecule has 3 rings (SSSR count). The van der Waals surface area contributed by atoms with Crippen LogP contribution in [-0.4, -0.2) is 23.9 Å². The van der Waals surface area contributed by atoms with E-state index < -0.39 is 5.97 Å². The number of rotatable bonds is 5. The quantitative estimate of drug-likeness (QED) is 0.402. The molecule has 0 aliphatic rings. The molecule has 0 aliphatic heterocycles. The Balaban J connectivity index is 2.02. The number of carbonyl (C=O) groups is 1. The lowest BCUT2D eigenvalue weighted by atomic mass is 10.1. The van der Waals surface area contributed by atoms with Gasteiger partial charge in [-0.15, -0.1) is 22.7 Å². The Morgan fingerprint density at radius 3 is 2.92 bits per heavy atom. The van der Waals surface area contributed by atoms with Gasteiger partial charge in [0, 0.05) is 32.1 Å². The molecule has 0 bridgehead atoms. The maximum Gasteiger partial charge on any atom is 0.341 e. The van der Waals surface area contributed by atoms with Crippen LogP contribution in [-0.2, 0) is 4.74 Å². The highest BCUT2D eigenvalue weighted by atomic mass is 79.9. The van der Waals surface area contributed by atoms with Crippen LogP contribution in [0, 0.1) is 0 Å². The number of halogens is 1. The molecule has 0 spiro atoms. The minimum absolute atomic E-state index is 0.125. The van der Waals surface area contributed by atoms with Crippen molar-refractivity contribution in [3.05, 3.63) is 56.7 Å². The van der Waals surface area contributed by atoms with Crippen molar-refractivity contribution in [1.82, 2.24) is 0 Å². The number of hydrogen-bond acceptors (Lipinski definition) is 6. The van der Waals surface area contributed by atoms with Gasteiger partial charge in [-0.2, -0.15) is 0 Å². The molecule has 0 atom stereocenters. The summed E-state index contributed by atoms with van der Waals surface area (Å²) in [5.41, 5.74) is 1.85. The van der Waals surface area contributed by atoms with Crippen LogP contribution in [0.3, 0.4) is 0 Å². The monoisotopic (exact) mass is 435 g/mol. The van der Waals surface area contributed by atoms with Crippen LogP contribution < -0.4 is 0 Å². The van der Waals surface area contributed by atoms with E-state index in [-0.39, 0.29) is 5.75 Å². The van der Waals surface area contributed by atoms with Gasteiger partial charge in [0.15, 0.2) is 0 Å². The van der Waals surface area contributed by atoms with Crippen molar-refractivity contribution in [3.8, 4) is 16.2 Å². The molecule has 25 heavy (non-hydrogen) atoms. The largest absolute Gasteiger partial charge is 0.507 e. The van der Waals surface area contributed by atoms with Crippen LogP contribution in [0.2, 0.25) is 0 Å². The highest BCUT2D eigenvalue weighted by molar-refractivity contribution is 9.10. The molecule has 4 nitrogen and oxygen atoms in total. The predicted octanol–water partition coefficient (Wildman–Crippen LogP) is 5.87. The number of nitrogens with zero attached hydrogens (tertiary/aromatic N) is 1. The van der Waals surface area contributed by atoms with Crippen LogP contribution >= 0.6 is 38.6 Å². The number of thiophene rings is 2. The molecule has 2 aromatic heterocycles. The predicted molar refractivity (Wildman–Crippen MR) is 107 cm³/mol. The lowest BCUT2D eigenvalue weighted by Crippen LogP contribution is -2.04. The first-order valence-corrected chi connectivity index (χ1v) is 10.0. The molecular formula is C18H14BrNO3S2. The molecule has 1 aromatic carbocycles. The summed E-state index contributed by atoms with van der Waals surface area (Å²) in [5.74, 6) is -0.266. The molecular weight excluding hydrogens is 422 g/mol. The van der Waals surface area contributed by atoms with Gasteiger partial charge in [-0.25, -0.2) is 9.79 Å². The van der Waals surface area contributed by atoms with E-state index in [0.717, 1.165) is 14.9 Å². The smallest absolute Gasteiger partial charge is 0.341 e. The van der Waals surface area contributed by atoms with Gasteiger partial charge in [-0.1, -0.05) is 22.0 Å². The highest BCUT2D eigenvalue weighted by Gasteiger charge is 2.21. The zero-order valence-electron chi connectivity index (χ0n) is 13.2. The number of aromatic hydroxyl groups is 1. The highest BCUT2D eigenvalue weighted by Crippen LogP contribution is 2.39. The second-order valence-corrected chi connectivity index (χ2v) is 7.71. The Bertz CT molecular complexity index is 917. The van der Waals surface area contributed by atoms with Gasteiger partial charge in [-0.05, 0) is 36.6 Å². The molecule has 0 aliphatic carbocycles. The van der Waals surface area contributed by atoms with Crippen molar-refractivity contribution >= 4 is 55.8 Å². The molecule has 0 amide bonds. The van der Waals surface area contributed by atoms with E-state index in [0.29, 0.717) is 22.7 Å². The fourth-order valence-electron chi connectivity index (χ4n) is 2.21. The first-order chi connectivity index (χ1) is 12.1. The number of phenols is 1. The van der Waals surface area contributed by atoms with Gasteiger partial charge in [0.1, 0.15) is 16.3 Å². The minimum atomic E-state index is -0.391. The van der Waals surface area contributed by atoms with Crippen LogP contribution in [0.4, 0.5) is 5.00 Å². The zero-order valence-corrected chi connectivity index (χ0v) is 16.5. The van der Waals surface area contributed by atoms with E-state index >= 15 is 0 Å². The second kappa shape index (κ2) is 7.95. The molecule has 128 valence electrons. The van der Waals surface area contributed by atoms with Gasteiger partial charge in [0.25, 0.3) is 0 Å². The third kappa shape index (κ3) is 4.00. The van der Waals surface area contributed by atoms with E-state index in [9.17, 15) is 9.90 Å². The van der Waals surface area contributed by atoms with Gasteiger partial charge in [0.2, 0.25) is 0 Å². The summed E-state index contributed by atoms with van der Waals surface area (Å²) in [6.45, 7) is 2.08. The molecule has 0 radical (unpaired) electrons. The van der Waals surface area contributed by atoms with E-state index in [1.54, 1.807) is 42.7 Å². The molecule has 0 saturated heterocycles. The van der Waals surface area contributed by atoms with Crippen molar-refractivity contribution in [1.29, 1.82) is 0 Å². The van der Waals surface area contributed by atoms with Gasteiger partial charge in [-0.3, -0.25) is 0 Å². The Hall–Kier alpha value is -1.96. The summed E-state index contributed by atoms with van der Waals surface area (Å²) < 4.78 is 6.04. The Morgan fingerprint density at radius 1 is 1.36 bits per heavy atom. The maximum atomic E-state index is 12.4. The van der Waals surface area contributed by atoms with E-state index in [2.05, 4.69) is 20.9 Å². The lowest BCUT2D eigenvalue weighted by Gasteiger charge is -2.04. The maximum absolute atomic E-state index is 12.4. The second-order valence-electron chi connectivity index (χ2n) is 4.99. The summed E-state index contributed by atoms with van der Waals surface area (Å²) in [6, 6.07) is 8.99. The Labute approximate surface area is 161 Å². The van der Waals surface area contributed by atoms with Crippen LogP contribution in [0.5, 0.6) is 5.75 Å². The lowest BCUT2D eigenvalue weighted by molar-refractivity contribution is 0.0529. The fourth-order valence-corrected chi connectivity index (χ4v) is 4.31. The van der Waals surface area contributed by atoms with Gasteiger partial charge >= 0.3 is 5.97 Å². The molecule has 0 fully saturated rings. The van der Waals surface area contributed by atoms with E-state index in [1.807, 2.05) is 22.9 Å². The van der Waals surface area contributed by atoms with Crippen molar-refractivity contribution in [2.75, 3.05) is 6.61 Å². The average molecular weight is 436 g/mol. The summed E-state index contributed by atoms with van der Waals surface area (Å²) in [7, 11) is 0. The number of carbonyl (C=O) groups excluding carboxylic acids is 1. The third-order valence-corrected chi connectivity index (χ3v) is 5.63. The number of phenolic OH excluding ortho intramolecular Hbond substituents is 1. The van der Waals surface area contributed by atoms with Gasteiger partial charge < -0.3 is 9.84 Å². The molecule has 0 unspecified atom stereocenters. The van der Waals surface area contributed by atoms with Crippen molar-refractivity contribution in [2.45, 2.75) is 6.92 Å². The number of esters is 1. The van der Waals surface area contributed by atoms with Crippen molar-refractivity contribution < 1.29 is 14.6 Å². The summed E-state index contributed by atoms with van der Waals surface area (Å²) in [5, 5.41) is 14.4. The number of benzene rings is 1. The molecule has 3 aromatic rings. The Morgan fingerprint density at radius 2 is 2.20 bits per heavy atom. The zero-order chi connectivity index (χ0) is 17.8. The van der Waals surface area contributed by atoms with Crippen LogP contribution in [0.25, 0.3) is 10.4 Å². The topological polar surface area (TPSA) is 58.9 Å². The Kier molecular flexibility index (Phi) is 5.67. The number of hydrogen-bond donors (Lipinski definition) is 1. The minimum Gasteiger partial charge on any atom is -0.507 e. The number of ether oxygens (including phenoxy) is 1.